The summed E-state index contributed by atoms with van der Waals surface area (Å²) in [5.74, 6) is 1.02. The molecule has 6 nitrogen and oxygen atoms in total. The van der Waals surface area contributed by atoms with Crippen molar-refractivity contribution in [1.82, 2.24) is 15.6 Å². The molecule has 1 aromatic carbocycles. The predicted octanol–water partition coefficient (Wildman–Crippen LogP) is 1.51. The largest absolute Gasteiger partial charge is 0.438 e. The van der Waals surface area contributed by atoms with E-state index in [-0.39, 0.29) is 11.9 Å². The molecule has 0 radical (unpaired) electrons. The molecule has 0 saturated carbocycles. The minimum atomic E-state index is -0.459. The number of rotatable bonds is 4. The van der Waals surface area contributed by atoms with E-state index >= 15 is 0 Å². The Bertz CT molecular complexity index is 621. The van der Waals surface area contributed by atoms with Crippen LogP contribution in [0, 0.1) is 0 Å². The summed E-state index contributed by atoms with van der Waals surface area (Å²) in [5, 5.41) is 6.00. The minimum absolute atomic E-state index is 0.154. The van der Waals surface area contributed by atoms with Crippen molar-refractivity contribution in [3.05, 3.63) is 42.4 Å². The van der Waals surface area contributed by atoms with Crippen molar-refractivity contribution in [2.24, 2.45) is 0 Å². The molecule has 2 N–H and O–H groups in total. The molecule has 2 unspecified atom stereocenters. The molecule has 2 atom stereocenters. The van der Waals surface area contributed by atoms with Crippen LogP contribution in [0.2, 0.25) is 0 Å². The number of hydrogen-bond donors (Lipinski definition) is 2. The summed E-state index contributed by atoms with van der Waals surface area (Å²) < 4.78 is 11.2. The van der Waals surface area contributed by atoms with Gasteiger partial charge in [0.1, 0.15) is 12.1 Å². The maximum absolute atomic E-state index is 12.1. The highest BCUT2D eigenvalue weighted by Gasteiger charge is 2.24. The Morgan fingerprint density at radius 1 is 1.41 bits per heavy atom. The number of benzene rings is 1. The molecule has 0 bridgehead atoms. The molecule has 116 valence electrons. The Hall–Kier alpha value is -2.18. The molecule has 1 aliphatic heterocycles. The SMILES string of the molecule is CC(NC(=O)C1CNCCO1)c1ncc(-c2ccccc2)o1. The number of morpholine rings is 1. The highest BCUT2D eigenvalue weighted by atomic mass is 16.5. The monoisotopic (exact) mass is 301 g/mol. The standard InChI is InChI=1S/C16H19N3O3/c1-11(19-15(20)14-9-17-7-8-21-14)16-18-10-13(22-16)12-5-3-2-4-6-12/h2-6,10-11,14,17H,7-9H2,1H3,(H,19,20). The van der Waals surface area contributed by atoms with Gasteiger partial charge in [-0.3, -0.25) is 4.79 Å². The van der Waals surface area contributed by atoms with Crippen LogP contribution < -0.4 is 10.6 Å². The van der Waals surface area contributed by atoms with Gasteiger partial charge in [0.2, 0.25) is 5.89 Å². The molecule has 0 aliphatic carbocycles. The van der Waals surface area contributed by atoms with E-state index in [2.05, 4.69) is 15.6 Å². The first kappa shape index (κ1) is 14.7. The second-order valence-electron chi connectivity index (χ2n) is 5.22. The molecule has 6 heteroatoms. The third-order valence-electron chi connectivity index (χ3n) is 3.53. The first-order valence-corrected chi connectivity index (χ1v) is 7.38. The summed E-state index contributed by atoms with van der Waals surface area (Å²) in [4.78, 5) is 16.4. The third-order valence-corrected chi connectivity index (χ3v) is 3.53. The van der Waals surface area contributed by atoms with Crippen molar-refractivity contribution in [1.29, 1.82) is 0 Å². The van der Waals surface area contributed by atoms with Crippen molar-refractivity contribution >= 4 is 5.91 Å². The molecule has 2 aromatic rings. The average molecular weight is 301 g/mol. The summed E-state index contributed by atoms with van der Waals surface area (Å²) in [6.45, 7) is 3.69. The zero-order valence-electron chi connectivity index (χ0n) is 12.4. The molecule has 1 fully saturated rings. The normalized spacial score (nSPS) is 19.6. The lowest BCUT2D eigenvalue weighted by atomic mass is 10.2. The number of aromatic nitrogens is 1. The van der Waals surface area contributed by atoms with Gasteiger partial charge in [0.15, 0.2) is 5.76 Å². The highest BCUT2D eigenvalue weighted by Crippen LogP contribution is 2.22. The maximum Gasteiger partial charge on any atom is 0.251 e. The van der Waals surface area contributed by atoms with Crippen LogP contribution in [0.4, 0.5) is 0 Å². The number of nitrogens with zero attached hydrogens (tertiary/aromatic N) is 1. The fraction of sp³-hybridized carbons (Fsp3) is 0.375. The van der Waals surface area contributed by atoms with Crippen LogP contribution in [0.5, 0.6) is 0 Å². The Labute approximate surface area is 128 Å². The fourth-order valence-electron chi connectivity index (χ4n) is 2.33. The van der Waals surface area contributed by atoms with Gasteiger partial charge in [-0.2, -0.15) is 0 Å². The van der Waals surface area contributed by atoms with Crippen molar-refractivity contribution in [3.63, 3.8) is 0 Å². The van der Waals surface area contributed by atoms with E-state index < -0.39 is 6.10 Å². The number of amides is 1. The Kier molecular flexibility index (Phi) is 4.50. The van der Waals surface area contributed by atoms with E-state index in [0.717, 1.165) is 12.1 Å². The van der Waals surface area contributed by atoms with E-state index in [0.29, 0.717) is 24.8 Å². The number of oxazole rings is 1. The van der Waals surface area contributed by atoms with Crippen molar-refractivity contribution < 1.29 is 13.9 Å². The average Bonchev–Trinajstić information content (AvgIpc) is 3.06. The van der Waals surface area contributed by atoms with Gasteiger partial charge >= 0.3 is 0 Å². The van der Waals surface area contributed by atoms with Gasteiger partial charge in [0.05, 0.1) is 12.8 Å². The zero-order valence-corrected chi connectivity index (χ0v) is 12.4. The molecule has 2 heterocycles. The molecule has 1 saturated heterocycles. The molecule has 1 amide bonds. The first-order chi connectivity index (χ1) is 10.7. The Balaban J connectivity index is 1.64. The van der Waals surface area contributed by atoms with Crippen molar-refractivity contribution in [2.45, 2.75) is 19.1 Å². The van der Waals surface area contributed by atoms with Crippen LogP contribution in [-0.4, -0.2) is 36.7 Å². The van der Waals surface area contributed by atoms with E-state index in [1.807, 2.05) is 37.3 Å². The number of ether oxygens (including phenoxy) is 1. The van der Waals surface area contributed by atoms with E-state index in [1.54, 1.807) is 6.20 Å². The molecule has 3 rings (SSSR count). The lowest BCUT2D eigenvalue weighted by Gasteiger charge is -2.23. The van der Waals surface area contributed by atoms with Gasteiger partial charge in [-0.05, 0) is 6.92 Å². The van der Waals surface area contributed by atoms with Crippen LogP contribution in [0.1, 0.15) is 18.9 Å². The van der Waals surface area contributed by atoms with Gasteiger partial charge < -0.3 is 19.8 Å². The Morgan fingerprint density at radius 3 is 2.95 bits per heavy atom. The topological polar surface area (TPSA) is 76.4 Å². The van der Waals surface area contributed by atoms with Gasteiger partial charge in [-0.25, -0.2) is 4.98 Å². The number of hydrogen-bond acceptors (Lipinski definition) is 5. The first-order valence-electron chi connectivity index (χ1n) is 7.38. The molecule has 0 spiro atoms. The minimum Gasteiger partial charge on any atom is -0.438 e. The second kappa shape index (κ2) is 6.72. The molecule has 1 aromatic heterocycles. The lowest BCUT2D eigenvalue weighted by Crippen LogP contribution is -2.48. The van der Waals surface area contributed by atoms with Gasteiger partial charge in [-0.1, -0.05) is 30.3 Å². The predicted molar refractivity (Wildman–Crippen MR) is 81.1 cm³/mol. The summed E-state index contributed by atoms with van der Waals surface area (Å²) in [7, 11) is 0. The quantitative estimate of drug-likeness (QED) is 0.895. The van der Waals surface area contributed by atoms with Crippen molar-refractivity contribution in [3.8, 4) is 11.3 Å². The zero-order chi connectivity index (χ0) is 15.4. The number of carbonyl (C=O) groups excluding carboxylic acids is 1. The van der Waals surface area contributed by atoms with E-state index in [1.165, 1.54) is 0 Å². The number of nitrogens with one attached hydrogen (secondary N) is 2. The summed E-state index contributed by atoms with van der Waals surface area (Å²) in [6, 6.07) is 9.42. The van der Waals surface area contributed by atoms with Gasteiger partial charge in [-0.15, -0.1) is 0 Å². The molecular weight excluding hydrogens is 282 g/mol. The van der Waals surface area contributed by atoms with Crippen LogP contribution >= 0.6 is 0 Å². The molecular formula is C16H19N3O3. The highest BCUT2D eigenvalue weighted by molar-refractivity contribution is 5.81. The van der Waals surface area contributed by atoms with Crippen LogP contribution in [0.25, 0.3) is 11.3 Å². The van der Waals surface area contributed by atoms with Gasteiger partial charge in [0.25, 0.3) is 5.91 Å². The molecule has 22 heavy (non-hydrogen) atoms. The van der Waals surface area contributed by atoms with E-state index in [4.69, 9.17) is 9.15 Å². The van der Waals surface area contributed by atoms with Gasteiger partial charge in [0, 0.05) is 18.7 Å². The van der Waals surface area contributed by atoms with E-state index in [9.17, 15) is 4.79 Å². The van der Waals surface area contributed by atoms with Crippen LogP contribution in [0.15, 0.2) is 40.9 Å². The number of carbonyl (C=O) groups is 1. The maximum atomic E-state index is 12.1. The Morgan fingerprint density at radius 2 is 2.23 bits per heavy atom. The summed E-state index contributed by atoms with van der Waals surface area (Å²) in [6.07, 6.45) is 1.21. The fourth-order valence-corrected chi connectivity index (χ4v) is 2.33. The van der Waals surface area contributed by atoms with Crippen molar-refractivity contribution in [2.75, 3.05) is 19.7 Å². The second-order valence-corrected chi connectivity index (χ2v) is 5.22. The summed E-state index contributed by atoms with van der Waals surface area (Å²) >= 11 is 0. The van der Waals surface area contributed by atoms with Crippen LogP contribution in [-0.2, 0) is 9.53 Å². The lowest BCUT2D eigenvalue weighted by molar-refractivity contribution is -0.135. The third kappa shape index (κ3) is 3.35. The summed E-state index contributed by atoms with van der Waals surface area (Å²) in [5.41, 5.74) is 0.958. The molecule has 1 aliphatic rings. The smallest absolute Gasteiger partial charge is 0.251 e. The van der Waals surface area contributed by atoms with Crippen LogP contribution in [0.3, 0.4) is 0 Å².